The van der Waals surface area contributed by atoms with E-state index in [1.807, 2.05) is 27.7 Å². The Hall–Kier alpha value is -3.11. The minimum Gasteiger partial charge on any atom is -0.469 e. The molecule has 0 aromatic heterocycles. The van der Waals surface area contributed by atoms with Crippen molar-refractivity contribution >= 4 is 72.4 Å². The van der Waals surface area contributed by atoms with E-state index < -0.39 is 54.3 Å². The Balaban J connectivity index is 0.000000351. The van der Waals surface area contributed by atoms with Crippen molar-refractivity contribution in [1.29, 1.82) is 0 Å². The molecule has 5 rings (SSSR count). The molecule has 0 N–H and O–H groups in total. The summed E-state index contributed by atoms with van der Waals surface area (Å²) in [6.45, 7) is 8.12. The SMILES string of the molecule is COC(=O)CC[C@H]1CN(c2ccc(B3OC(C)(C)C(C)(C)O3)c(F)c2)C(=O)O1.COC(=O)CC[C@H]1CN(c2ccc(Br)c(F)c2)C(=O)O1.[B].[V]. The zero-order chi connectivity index (χ0) is 35.4. The third kappa shape index (κ3) is 10.2. The first-order valence-corrected chi connectivity index (χ1v) is 16.0. The van der Waals surface area contributed by atoms with E-state index in [-0.39, 0.29) is 70.3 Å². The van der Waals surface area contributed by atoms with Crippen molar-refractivity contribution in [2.45, 2.75) is 76.8 Å². The van der Waals surface area contributed by atoms with E-state index in [0.29, 0.717) is 28.7 Å². The maximum atomic E-state index is 14.8. The Kier molecular flexibility index (Phi) is 15.4. The fourth-order valence-electron chi connectivity index (χ4n) is 5.03. The van der Waals surface area contributed by atoms with Crippen LogP contribution in [0.2, 0.25) is 0 Å². The quantitative estimate of drug-likeness (QED) is 0.197. The molecule has 3 aliphatic rings. The van der Waals surface area contributed by atoms with Gasteiger partial charge >= 0.3 is 31.2 Å². The average Bonchev–Trinajstić information content (AvgIpc) is 3.67. The number of carbonyl (C=O) groups excluding carboxylic acids is 4. The molecule has 4 radical (unpaired) electrons. The van der Waals surface area contributed by atoms with Crippen LogP contribution in [-0.4, -0.2) is 90.4 Å². The van der Waals surface area contributed by atoms with Gasteiger partial charge in [0.1, 0.15) is 23.8 Å². The normalized spacial score (nSPS) is 20.1. The van der Waals surface area contributed by atoms with Crippen LogP contribution >= 0.6 is 15.9 Å². The summed E-state index contributed by atoms with van der Waals surface area (Å²) in [4.78, 5) is 48.9. The molecule has 50 heavy (non-hydrogen) atoms. The van der Waals surface area contributed by atoms with Gasteiger partial charge in [0, 0.05) is 45.3 Å². The number of carbonyl (C=O) groups is 4. The molecule has 0 unspecified atom stereocenters. The van der Waals surface area contributed by atoms with Crippen LogP contribution < -0.4 is 15.3 Å². The van der Waals surface area contributed by atoms with Gasteiger partial charge in [0.15, 0.2) is 0 Å². The number of ether oxygens (including phenoxy) is 4. The molecule has 18 heteroatoms. The Bertz CT molecular complexity index is 1540. The summed E-state index contributed by atoms with van der Waals surface area (Å²) in [5, 5.41) is 0. The molecular weight excluding hydrogens is 763 g/mol. The summed E-state index contributed by atoms with van der Waals surface area (Å²) in [7, 11) is 1.79. The number of anilines is 2. The van der Waals surface area contributed by atoms with Crippen molar-refractivity contribution in [3.63, 3.8) is 0 Å². The summed E-state index contributed by atoms with van der Waals surface area (Å²) in [6.07, 6.45) is -0.892. The number of benzene rings is 2. The molecule has 2 atom stereocenters. The molecular formula is C32H38B2BrF2N2O10V. The Morgan fingerprint density at radius 3 is 1.64 bits per heavy atom. The van der Waals surface area contributed by atoms with Gasteiger partial charge in [-0.25, -0.2) is 18.4 Å². The number of methoxy groups -OCH3 is 2. The van der Waals surface area contributed by atoms with Gasteiger partial charge in [0.25, 0.3) is 0 Å². The van der Waals surface area contributed by atoms with Gasteiger partial charge in [-0.3, -0.25) is 19.4 Å². The zero-order valence-corrected chi connectivity index (χ0v) is 31.6. The number of hydrogen-bond acceptors (Lipinski definition) is 10. The van der Waals surface area contributed by atoms with E-state index in [9.17, 15) is 28.0 Å². The molecule has 0 spiro atoms. The average molecular weight is 801 g/mol. The zero-order valence-electron chi connectivity index (χ0n) is 28.6. The standard InChI is InChI=1S/C19H25BFNO6.C13H13BrFNO4.B.V/c1-18(2)19(3,4)28-20(27-18)14-8-6-12(10-15(14)21)22-11-13(26-17(22)24)7-9-16(23)25-5;1-19-12(17)5-3-9-7-16(13(18)20-9)8-2-4-10(14)11(15)6-8;;/h6,8,10,13H,7,9,11H2,1-5H3;2,4,6,9H,3,5,7H2,1H3;;/t13-;9-;;/m00../s1. The van der Waals surface area contributed by atoms with Crippen molar-refractivity contribution in [3.8, 4) is 0 Å². The summed E-state index contributed by atoms with van der Waals surface area (Å²) >= 11 is 3.05. The van der Waals surface area contributed by atoms with Gasteiger partial charge in [-0.15, -0.1) is 0 Å². The predicted octanol–water partition coefficient (Wildman–Crippen LogP) is 4.89. The molecule has 3 aliphatic heterocycles. The maximum absolute atomic E-state index is 14.8. The van der Waals surface area contributed by atoms with Gasteiger partial charge in [0.2, 0.25) is 0 Å². The summed E-state index contributed by atoms with van der Waals surface area (Å²) in [6, 6.07) is 8.87. The second-order valence-corrected chi connectivity index (χ2v) is 13.2. The van der Waals surface area contributed by atoms with E-state index in [4.69, 9.17) is 18.8 Å². The molecule has 268 valence electrons. The molecule has 2 amide bonds. The van der Waals surface area contributed by atoms with E-state index >= 15 is 0 Å². The molecule has 0 bridgehead atoms. The topological polar surface area (TPSA) is 130 Å². The first-order chi connectivity index (χ1) is 22.5. The van der Waals surface area contributed by atoms with Gasteiger partial charge in [-0.2, -0.15) is 0 Å². The molecule has 3 saturated heterocycles. The van der Waals surface area contributed by atoms with Crippen LogP contribution in [0.1, 0.15) is 53.4 Å². The Morgan fingerprint density at radius 1 is 0.820 bits per heavy atom. The van der Waals surface area contributed by atoms with Gasteiger partial charge in [-0.05, 0) is 86.8 Å². The van der Waals surface area contributed by atoms with Crippen molar-refractivity contribution < 1.29 is 74.8 Å². The molecule has 2 aromatic rings. The molecule has 2 aromatic carbocycles. The third-order valence-electron chi connectivity index (χ3n) is 8.56. The first-order valence-electron chi connectivity index (χ1n) is 15.2. The van der Waals surface area contributed by atoms with Crippen molar-refractivity contribution in [1.82, 2.24) is 0 Å². The minimum absolute atomic E-state index is 0. The fraction of sp³-hybridized carbons (Fsp3) is 0.500. The van der Waals surface area contributed by atoms with Gasteiger partial charge in [-0.1, -0.05) is 6.07 Å². The van der Waals surface area contributed by atoms with Crippen LogP contribution in [0.5, 0.6) is 0 Å². The minimum atomic E-state index is -0.822. The Morgan fingerprint density at radius 2 is 1.24 bits per heavy atom. The first kappa shape index (κ1) is 43.1. The van der Waals surface area contributed by atoms with Crippen molar-refractivity contribution in [2.75, 3.05) is 37.1 Å². The van der Waals surface area contributed by atoms with Gasteiger partial charge in [0.05, 0.1) is 54.4 Å². The molecule has 0 saturated carbocycles. The second kappa shape index (κ2) is 17.9. The summed E-state index contributed by atoms with van der Waals surface area (Å²) in [5.74, 6) is -1.70. The number of rotatable bonds is 9. The molecule has 3 fully saturated rings. The summed E-state index contributed by atoms with van der Waals surface area (Å²) < 4.78 is 59.9. The third-order valence-corrected chi connectivity index (χ3v) is 9.21. The monoisotopic (exact) mass is 800 g/mol. The number of amides is 2. The van der Waals surface area contributed by atoms with Crippen molar-refractivity contribution in [2.24, 2.45) is 0 Å². The van der Waals surface area contributed by atoms with Crippen LogP contribution in [0, 0.1) is 11.6 Å². The smallest absolute Gasteiger partial charge is 0.469 e. The van der Waals surface area contributed by atoms with Crippen LogP contribution in [0.25, 0.3) is 0 Å². The summed E-state index contributed by atoms with van der Waals surface area (Å²) in [5.41, 5.74) is -0.0696. The van der Waals surface area contributed by atoms with Crippen LogP contribution in [0.4, 0.5) is 29.7 Å². The number of nitrogens with zero attached hydrogens (tertiary/aromatic N) is 2. The maximum Gasteiger partial charge on any atom is 0.497 e. The molecule has 12 nitrogen and oxygen atoms in total. The number of cyclic esters (lactones) is 2. The molecule has 0 aliphatic carbocycles. The van der Waals surface area contributed by atoms with Crippen LogP contribution in [0.15, 0.2) is 40.9 Å². The van der Waals surface area contributed by atoms with E-state index in [1.54, 1.807) is 18.2 Å². The van der Waals surface area contributed by atoms with Gasteiger partial charge < -0.3 is 28.3 Å². The second-order valence-electron chi connectivity index (χ2n) is 12.4. The van der Waals surface area contributed by atoms with E-state index in [0.717, 1.165) is 0 Å². The number of halogens is 3. The van der Waals surface area contributed by atoms with E-state index in [2.05, 4.69) is 25.4 Å². The van der Waals surface area contributed by atoms with Crippen LogP contribution in [-0.2, 0) is 56.4 Å². The fourth-order valence-corrected chi connectivity index (χ4v) is 5.27. The largest absolute Gasteiger partial charge is 0.497 e. The Labute approximate surface area is 312 Å². The molecule has 3 heterocycles. The van der Waals surface area contributed by atoms with Crippen LogP contribution in [0.3, 0.4) is 0 Å². The number of esters is 2. The van der Waals surface area contributed by atoms with Crippen molar-refractivity contribution in [3.05, 3.63) is 52.5 Å². The number of hydrogen-bond donors (Lipinski definition) is 0. The van der Waals surface area contributed by atoms with E-state index in [1.165, 1.54) is 42.2 Å². The predicted molar refractivity (Wildman–Crippen MR) is 180 cm³/mol.